The fourth-order valence-electron chi connectivity index (χ4n) is 1.92. The molecule has 1 unspecified atom stereocenters. The molecule has 0 aliphatic rings. The summed E-state index contributed by atoms with van der Waals surface area (Å²) in [5.41, 5.74) is 0.212. The molecular weight excluding hydrogens is 262 g/mol. The van der Waals surface area contributed by atoms with Crippen LogP contribution in [0.1, 0.15) is 20.8 Å². The van der Waals surface area contributed by atoms with Crippen LogP contribution < -0.4 is 5.56 Å². The summed E-state index contributed by atoms with van der Waals surface area (Å²) in [7, 11) is 0.0450. The van der Waals surface area contributed by atoms with Crippen molar-refractivity contribution < 1.29 is 9.32 Å². The van der Waals surface area contributed by atoms with Crippen molar-refractivity contribution in [1.29, 1.82) is 0 Å². The minimum atomic E-state index is -1.57. The van der Waals surface area contributed by atoms with Gasteiger partial charge in [0.15, 0.2) is 0 Å². The highest BCUT2D eigenvalue weighted by atomic mass is 32.2. The number of rotatable bonds is 1. The molecule has 1 heterocycles. The number of para-hydroxylation sites is 1. The van der Waals surface area contributed by atoms with E-state index in [1.807, 2.05) is 0 Å². The van der Waals surface area contributed by atoms with Gasteiger partial charge in [0.25, 0.3) is 5.56 Å². The second kappa shape index (κ2) is 4.49. The van der Waals surface area contributed by atoms with E-state index < -0.39 is 21.1 Å². The number of hydrogen-bond acceptors (Lipinski definition) is 3. The first-order valence-electron chi connectivity index (χ1n) is 5.97. The zero-order chi connectivity index (χ0) is 14.4. The van der Waals surface area contributed by atoms with E-state index >= 15 is 0 Å². The molecule has 2 rings (SSSR count). The average molecular weight is 279 g/mol. The maximum atomic E-state index is 12.4. The van der Waals surface area contributed by atoms with E-state index in [-0.39, 0.29) is 10.6 Å². The fourth-order valence-corrected chi connectivity index (χ4v) is 3.12. The third-order valence-electron chi connectivity index (χ3n) is 2.98. The van der Waals surface area contributed by atoms with Crippen molar-refractivity contribution in [1.82, 2.24) is 4.57 Å². The molecule has 0 amide bonds. The fraction of sp³-hybridized carbons (Fsp3) is 0.357. The minimum Gasteiger partial charge on any atom is -0.506 e. The van der Waals surface area contributed by atoms with E-state index in [4.69, 9.17) is 0 Å². The molecule has 0 aliphatic heterocycles. The van der Waals surface area contributed by atoms with Crippen LogP contribution in [0.25, 0.3) is 10.9 Å². The van der Waals surface area contributed by atoms with Crippen molar-refractivity contribution >= 4 is 21.7 Å². The van der Waals surface area contributed by atoms with Gasteiger partial charge in [0.2, 0.25) is 0 Å². The van der Waals surface area contributed by atoms with Gasteiger partial charge < -0.3 is 9.67 Å². The Kier molecular flexibility index (Phi) is 3.26. The van der Waals surface area contributed by atoms with Crippen molar-refractivity contribution in [2.45, 2.75) is 30.4 Å². The number of hydrogen-bond donors (Lipinski definition) is 1. The van der Waals surface area contributed by atoms with Crippen LogP contribution in [0, 0.1) is 0 Å². The quantitative estimate of drug-likeness (QED) is 0.870. The van der Waals surface area contributed by atoms with E-state index in [0.29, 0.717) is 10.9 Å². The summed E-state index contributed by atoms with van der Waals surface area (Å²) in [6.45, 7) is 5.32. The highest BCUT2D eigenvalue weighted by Gasteiger charge is 2.28. The molecule has 0 saturated carbocycles. The molecule has 0 spiro atoms. The molecule has 0 radical (unpaired) electrons. The van der Waals surface area contributed by atoms with Crippen LogP contribution in [-0.2, 0) is 17.8 Å². The Morgan fingerprint density at radius 2 is 1.79 bits per heavy atom. The molecule has 0 fully saturated rings. The van der Waals surface area contributed by atoms with Gasteiger partial charge in [-0.1, -0.05) is 12.1 Å². The molecule has 0 bridgehead atoms. The number of aryl methyl sites for hydroxylation is 1. The second-order valence-electron chi connectivity index (χ2n) is 5.44. The second-order valence-corrected chi connectivity index (χ2v) is 7.61. The zero-order valence-electron chi connectivity index (χ0n) is 11.4. The first-order valence-corrected chi connectivity index (χ1v) is 7.12. The summed E-state index contributed by atoms with van der Waals surface area (Å²) in [6, 6.07) is 7.03. The number of benzene rings is 1. The van der Waals surface area contributed by atoms with Gasteiger partial charge in [-0.2, -0.15) is 0 Å². The molecule has 102 valence electrons. The Hall–Kier alpha value is -1.62. The lowest BCUT2D eigenvalue weighted by Crippen LogP contribution is -2.30. The van der Waals surface area contributed by atoms with E-state index in [9.17, 15) is 14.1 Å². The Bertz CT molecular complexity index is 726. The van der Waals surface area contributed by atoms with E-state index in [1.54, 1.807) is 52.1 Å². The minimum absolute atomic E-state index is 0.0197. The van der Waals surface area contributed by atoms with Crippen molar-refractivity contribution in [2.24, 2.45) is 7.05 Å². The SMILES string of the molecule is Cn1c(=O)c(S(=O)C(C)(C)C)c(O)c2ccccc21. The van der Waals surface area contributed by atoms with Crippen LogP contribution in [0.3, 0.4) is 0 Å². The van der Waals surface area contributed by atoms with Crippen LogP contribution in [-0.4, -0.2) is 18.6 Å². The first-order chi connectivity index (χ1) is 8.75. The monoisotopic (exact) mass is 279 g/mol. The lowest BCUT2D eigenvalue weighted by Gasteiger charge is -2.19. The predicted octanol–water partition coefficient (Wildman–Crippen LogP) is 2.15. The van der Waals surface area contributed by atoms with Crippen molar-refractivity contribution in [3.63, 3.8) is 0 Å². The Morgan fingerprint density at radius 3 is 2.37 bits per heavy atom. The summed E-state index contributed by atoms with van der Waals surface area (Å²) in [6.07, 6.45) is 0. The predicted molar refractivity (Wildman–Crippen MR) is 77.0 cm³/mol. The van der Waals surface area contributed by atoms with Gasteiger partial charge in [-0.25, -0.2) is 0 Å². The number of pyridine rings is 1. The Balaban J connectivity index is 2.91. The van der Waals surface area contributed by atoms with Gasteiger partial charge in [-0.3, -0.25) is 9.00 Å². The molecule has 19 heavy (non-hydrogen) atoms. The van der Waals surface area contributed by atoms with Gasteiger partial charge in [-0.05, 0) is 32.9 Å². The maximum Gasteiger partial charge on any atom is 0.270 e. The third kappa shape index (κ3) is 2.18. The van der Waals surface area contributed by atoms with Gasteiger partial charge in [0.1, 0.15) is 10.6 Å². The molecule has 1 atom stereocenters. The highest BCUT2D eigenvalue weighted by Crippen LogP contribution is 2.31. The largest absolute Gasteiger partial charge is 0.506 e. The molecular formula is C14H17NO3S. The molecule has 1 aromatic carbocycles. The van der Waals surface area contributed by atoms with Crippen molar-refractivity contribution in [3.8, 4) is 5.75 Å². The lowest BCUT2D eigenvalue weighted by molar-refractivity contribution is 0.462. The standard InChI is InChI=1S/C14H17NO3S/c1-14(2,3)19(18)12-11(16)9-7-5-6-8-10(9)15(4)13(12)17/h5-8,16H,1-4H3. The van der Waals surface area contributed by atoms with Crippen LogP contribution in [0.2, 0.25) is 0 Å². The zero-order valence-corrected chi connectivity index (χ0v) is 12.2. The average Bonchev–Trinajstić information content (AvgIpc) is 2.35. The van der Waals surface area contributed by atoms with Crippen LogP contribution >= 0.6 is 0 Å². The molecule has 5 heteroatoms. The smallest absolute Gasteiger partial charge is 0.270 e. The first kappa shape index (κ1) is 13.8. The summed E-state index contributed by atoms with van der Waals surface area (Å²) in [4.78, 5) is 12.3. The summed E-state index contributed by atoms with van der Waals surface area (Å²) < 4.78 is 13.3. The molecule has 0 aliphatic carbocycles. The van der Waals surface area contributed by atoms with Gasteiger partial charge in [-0.15, -0.1) is 0 Å². The summed E-state index contributed by atoms with van der Waals surface area (Å²) >= 11 is 0. The van der Waals surface area contributed by atoms with Gasteiger partial charge in [0.05, 0.1) is 16.3 Å². The lowest BCUT2D eigenvalue weighted by atomic mass is 10.2. The molecule has 1 aromatic heterocycles. The van der Waals surface area contributed by atoms with Crippen molar-refractivity contribution in [3.05, 3.63) is 34.6 Å². The van der Waals surface area contributed by atoms with Gasteiger partial charge >= 0.3 is 0 Å². The Morgan fingerprint density at radius 1 is 1.21 bits per heavy atom. The third-order valence-corrected chi connectivity index (χ3v) is 4.83. The number of nitrogens with zero attached hydrogens (tertiary/aromatic N) is 1. The van der Waals surface area contributed by atoms with E-state index in [0.717, 1.165) is 0 Å². The molecule has 4 nitrogen and oxygen atoms in total. The highest BCUT2D eigenvalue weighted by molar-refractivity contribution is 7.86. The topological polar surface area (TPSA) is 59.3 Å². The Labute approximate surface area is 114 Å². The van der Waals surface area contributed by atoms with Gasteiger partial charge in [0, 0.05) is 17.2 Å². The number of aromatic nitrogens is 1. The van der Waals surface area contributed by atoms with Crippen LogP contribution in [0.4, 0.5) is 0 Å². The van der Waals surface area contributed by atoms with Crippen LogP contribution in [0.15, 0.2) is 34.0 Å². The number of aromatic hydroxyl groups is 1. The number of fused-ring (bicyclic) bond motifs is 1. The summed E-state index contributed by atoms with van der Waals surface area (Å²) in [5.74, 6) is -0.174. The molecule has 0 saturated heterocycles. The van der Waals surface area contributed by atoms with Crippen molar-refractivity contribution in [2.75, 3.05) is 0 Å². The van der Waals surface area contributed by atoms with E-state index in [1.165, 1.54) is 4.57 Å². The summed E-state index contributed by atoms with van der Waals surface area (Å²) in [5, 5.41) is 10.8. The van der Waals surface area contributed by atoms with E-state index in [2.05, 4.69) is 0 Å². The molecule has 2 aromatic rings. The normalized spacial score (nSPS) is 13.7. The van der Waals surface area contributed by atoms with Crippen LogP contribution in [0.5, 0.6) is 5.75 Å². The maximum absolute atomic E-state index is 12.4. The molecule has 1 N–H and O–H groups in total.